The Bertz CT molecular complexity index is 897. The monoisotopic (exact) mass is 401 g/mol. The van der Waals surface area contributed by atoms with E-state index in [0.29, 0.717) is 15.4 Å². The van der Waals surface area contributed by atoms with Crippen LogP contribution in [0.4, 0.5) is 13.2 Å². The van der Waals surface area contributed by atoms with Gasteiger partial charge in [0.25, 0.3) is 0 Å². The van der Waals surface area contributed by atoms with E-state index in [-0.39, 0.29) is 11.5 Å². The Kier molecular flexibility index (Phi) is 6.50. The van der Waals surface area contributed by atoms with Crippen LogP contribution in [0.5, 0.6) is 11.5 Å². The fourth-order valence-corrected chi connectivity index (χ4v) is 3.18. The van der Waals surface area contributed by atoms with Gasteiger partial charge in [-0.15, -0.1) is 0 Å². The number of hydrogen-bond donors (Lipinski definition) is 1. The van der Waals surface area contributed by atoms with Gasteiger partial charge in [-0.2, -0.15) is 17.5 Å². The molecule has 0 saturated heterocycles. The van der Waals surface area contributed by atoms with Crippen molar-refractivity contribution in [2.24, 2.45) is 0 Å². The highest BCUT2D eigenvalue weighted by atomic mass is 32.2. The zero-order valence-corrected chi connectivity index (χ0v) is 15.2. The average Bonchev–Trinajstić information content (AvgIpc) is 2.62. The molecule has 0 aromatic heterocycles. The topological polar surface area (TPSA) is 66.8 Å². The Labute approximate surface area is 155 Å². The number of methoxy groups -OCH3 is 1. The van der Waals surface area contributed by atoms with Crippen molar-refractivity contribution in [1.82, 2.24) is 4.31 Å². The summed E-state index contributed by atoms with van der Waals surface area (Å²) in [6.07, 6.45) is 2.75. The lowest BCUT2D eigenvalue weighted by molar-refractivity contribution is -0.0488. The summed E-state index contributed by atoms with van der Waals surface area (Å²) in [5, 5.41) is 9.55. The average molecular weight is 401 g/mol. The number of phenols is 1. The lowest BCUT2D eigenvalue weighted by Crippen LogP contribution is -2.40. The molecule has 2 aromatic rings. The highest BCUT2D eigenvalue weighted by Gasteiger charge is 2.49. The second-order valence-corrected chi connectivity index (χ2v) is 7.49. The predicted octanol–water partition coefficient (Wildman–Crippen LogP) is 3.77. The molecule has 0 aliphatic carbocycles. The smallest absolute Gasteiger partial charge is 0.504 e. The number of halogens is 3. The van der Waals surface area contributed by atoms with Gasteiger partial charge >= 0.3 is 15.5 Å². The predicted molar refractivity (Wildman–Crippen MR) is 95.5 cm³/mol. The summed E-state index contributed by atoms with van der Waals surface area (Å²) in [6, 6.07) is 12.4. The molecule has 0 radical (unpaired) electrons. The number of rotatable bonds is 7. The van der Waals surface area contributed by atoms with Crippen molar-refractivity contribution in [2.75, 3.05) is 13.7 Å². The highest BCUT2D eigenvalue weighted by molar-refractivity contribution is 7.89. The van der Waals surface area contributed by atoms with Crippen molar-refractivity contribution in [3.63, 3.8) is 0 Å². The first kappa shape index (κ1) is 20.8. The van der Waals surface area contributed by atoms with Crippen LogP contribution < -0.4 is 4.74 Å². The van der Waals surface area contributed by atoms with E-state index in [1.165, 1.54) is 37.5 Å². The van der Waals surface area contributed by atoms with Gasteiger partial charge in [-0.1, -0.05) is 48.6 Å². The van der Waals surface area contributed by atoms with Gasteiger partial charge in [0.05, 0.1) is 7.11 Å². The maximum Gasteiger partial charge on any atom is 0.511 e. The zero-order valence-electron chi connectivity index (χ0n) is 14.3. The van der Waals surface area contributed by atoms with Crippen molar-refractivity contribution >= 4 is 16.1 Å². The van der Waals surface area contributed by atoms with E-state index in [2.05, 4.69) is 0 Å². The lowest BCUT2D eigenvalue weighted by Gasteiger charge is -2.22. The molecule has 9 heteroatoms. The first-order valence-electron chi connectivity index (χ1n) is 7.79. The minimum Gasteiger partial charge on any atom is -0.504 e. The molecule has 2 aromatic carbocycles. The molecular formula is C18H18F3NO4S. The van der Waals surface area contributed by atoms with Gasteiger partial charge in [0, 0.05) is 13.1 Å². The molecule has 2 rings (SSSR count). The number of nitrogens with zero attached hydrogens (tertiary/aromatic N) is 1. The fourth-order valence-electron chi connectivity index (χ4n) is 2.29. The summed E-state index contributed by atoms with van der Waals surface area (Å²) in [4.78, 5) is 0. The van der Waals surface area contributed by atoms with Gasteiger partial charge < -0.3 is 9.84 Å². The van der Waals surface area contributed by atoms with Gasteiger partial charge in [-0.05, 0) is 23.3 Å². The van der Waals surface area contributed by atoms with E-state index in [0.717, 1.165) is 0 Å². The largest absolute Gasteiger partial charge is 0.511 e. The summed E-state index contributed by atoms with van der Waals surface area (Å²) in [5.41, 5.74) is -4.42. The van der Waals surface area contributed by atoms with E-state index in [1.54, 1.807) is 30.3 Å². The van der Waals surface area contributed by atoms with Crippen LogP contribution in [0, 0.1) is 0 Å². The second-order valence-electron chi connectivity index (χ2n) is 5.56. The molecule has 1 N–H and O–H groups in total. The third-order valence-electron chi connectivity index (χ3n) is 3.66. The molecule has 0 unspecified atom stereocenters. The van der Waals surface area contributed by atoms with Crippen LogP contribution in [-0.4, -0.2) is 37.0 Å². The van der Waals surface area contributed by atoms with Gasteiger partial charge in [-0.25, -0.2) is 8.42 Å². The number of sulfonamides is 1. The molecule has 5 nitrogen and oxygen atoms in total. The molecule has 0 aliphatic rings. The van der Waals surface area contributed by atoms with E-state index < -0.39 is 28.6 Å². The Morgan fingerprint density at radius 1 is 1.15 bits per heavy atom. The fraction of sp³-hybridized carbons (Fsp3) is 0.222. The summed E-state index contributed by atoms with van der Waals surface area (Å²) in [7, 11) is -4.13. The van der Waals surface area contributed by atoms with Crippen LogP contribution in [0.25, 0.3) is 6.08 Å². The van der Waals surface area contributed by atoms with Crippen LogP contribution >= 0.6 is 0 Å². The van der Waals surface area contributed by atoms with Crippen LogP contribution in [0.3, 0.4) is 0 Å². The SMILES string of the molecule is COc1cc(C=CCN(Cc2ccccc2)S(=O)(=O)C(F)(F)F)ccc1O. The first-order chi connectivity index (χ1) is 12.6. The first-order valence-corrected chi connectivity index (χ1v) is 9.23. The van der Waals surface area contributed by atoms with Crippen LogP contribution in [0.2, 0.25) is 0 Å². The molecule has 146 valence electrons. The van der Waals surface area contributed by atoms with Crippen molar-refractivity contribution in [3.8, 4) is 11.5 Å². The number of benzene rings is 2. The zero-order chi connectivity index (χ0) is 20.1. The summed E-state index contributed by atoms with van der Waals surface area (Å²) in [6.45, 7) is -0.883. The Balaban J connectivity index is 2.24. The van der Waals surface area contributed by atoms with E-state index in [9.17, 15) is 26.7 Å². The lowest BCUT2D eigenvalue weighted by atomic mass is 10.2. The third-order valence-corrected chi connectivity index (χ3v) is 5.20. The molecule has 0 fully saturated rings. The van der Waals surface area contributed by atoms with E-state index >= 15 is 0 Å². The maximum atomic E-state index is 13.0. The number of alkyl halides is 3. The number of ether oxygens (including phenoxy) is 1. The second kappa shape index (κ2) is 8.45. The number of phenolic OH excluding ortho intramolecular Hbond substituents is 1. The quantitative estimate of drug-likeness (QED) is 0.767. The van der Waals surface area contributed by atoms with E-state index in [4.69, 9.17) is 4.74 Å². The molecule has 0 amide bonds. The van der Waals surface area contributed by atoms with Crippen LogP contribution in [0.15, 0.2) is 54.6 Å². The number of hydrogen-bond acceptors (Lipinski definition) is 4. The molecule has 0 spiro atoms. The summed E-state index contributed by atoms with van der Waals surface area (Å²) >= 11 is 0. The van der Waals surface area contributed by atoms with Gasteiger partial charge in [0.15, 0.2) is 11.5 Å². The molecule has 0 saturated carbocycles. The van der Waals surface area contributed by atoms with Gasteiger partial charge in [0.2, 0.25) is 0 Å². The summed E-state index contributed by atoms with van der Waals surface area (Å²) in [5.74, 6) is 0.112. The Morgan fingerprint density at radius 2 is 1.81 bits per heavy atom. The molecule has 0 aliphatic heterocycles. The minimum atomic E-state index is -5.49. The van der Waals surface area contributed by atoms with Crippen molar-refractivity contribution in [2.45, 2.75) is 12.1 Å². The van der Waals surface area contributed by atoms with Crippen molar-refractivity contribution < 1.29 is 31.4 Å². The van der Waals surface area contributed by atoms with Crippen molar-refractivity contribution in [1.29, 1.82) is 0 Å². The van der Waals surface area contributed by atoms with E-state index in [1.807, 2.05) is 0 Å². The maximum absolute atomic E-state index is 13.0. The Morgan fingerprint density at radius 3 is 2.41 bits per heavy atom. The molecule has 27 heavy (non-hydrogen) atoms. The standard InChI is InChI=1S/C18H18F3NO4S/c1-26-17-12-14(9-10-16(17)23)8-5-11-22(27(24,25)18(19,20)21)13-15-6-3-2-4-7-15/h2-10,12,23H,11,13H2,1H3. The summed E-state index contributed by atoms with van der Waals surface area (Å²) < 4.78 is 68.0. The molecular weight excluding hydrogens is 383 g/mol. The number of aromatic hydroxyl groups is 1. The van der Waals surface area contributed by atoms with Crippen molar-refractivity contribution in [3.05, 3.63) is 65.7 Å². The highest BCUT2D eigenvalue weighted by Crippen LogP contribution is 2.29. The van der Waals surface area contributed by atoms with Crippen LogP contribution in [-0.2, 0) is 16.6 Å². The van der Waals surface area contributed by atoms with Crippen LogP contribution in [0.1, 0.15) is 11.1 Å². The van der Waals surface area contributed by atoms with Gasteiger partial charge in [0.1, 0.15) is 0 Å². The normalized spacial score (nSPS) is 12.6. The van der Waals surface area contributed by atoms with Gasteiger partial charge in [-0.3, -0.25) is 0 Å². The molecule has 0 atom stereocenters. The molecule has 0 heterocycles. The minimum absolute atomic E-state index is 0.0833. The molecule has 0 bridgehead atoms. The third kappa shape index (κ3) is 5.24. The Hall–Kier alpha value is -2.52.